The Morgan fingerprint density at radius 1 is 1.20 bits per heavy atom. The van der Waals surface area contributed by atoms with E-state index in [1.165, 1.54) is 12.3 Å². The summed E-state index contributed by atoms with van der Waals surface area (Å²) in [6.45, 7) is 0.679. The number of hydrogen-bond donors (Lipinski definition) is 1. The Bertz CT molecular complexity index is 609. The van der Waals surface area contributed by atoms with Crippen molar-refractivity contribution in [3.8, 4) is 5.75 Å². The van der Waals surface area contributed by atoms with Crippen molar-refractivity contribution in [3.63, 3.8) is 0 Å². The lowest BCUT2D eigenvalue weighted by molar-refractivity contribution is 0.0978. The first-order valence-corrected chi connectivity index (χ1v) is 6.76. The molecule has 0 atom stereocenters. The van der Waals surface area contributed by atoms with Crippen molar-refractivity contribution in [2.24, 2.45) is 5.92 Å². The fraction of sp³-hybridized carbons (Fsp3) is 0.250. The molecular formula is C16H16N2O2. The Morgan fingerprint density at radius 2 is 1.95 bits per heavy atom. The van der Waals surface area contributed by atoms with Gasteiger partial charge in [-0.1, -0.05) is 18.2 Å². The van der Waals surface area contributed by atoms with Crippen LogP contribution in [0, 0.1) is 5.92 Å². The molecule has 1 saturated carbocycles. The zero-order valence-corrected chi connectivity index (χ0v) is 11.1. The Kier molecular flexibility index (Phi) is 3.37. The zero-order chi connectivity index (χ0) is 13.9. The first-order valence-electron chi connectivity index (χ1n) is 6.76. The van der Waals surface area contributed by atoms with Crippen molar-refractivity contribution in [1.29, 1.82) is 0 Å². The highest BCUT2D eigenvalue weighted by molar-refractivity contribution is 6.06. The number of rotatable bonds is 4. The number of aromatic nitrogens is 1. The number of benzene rings is 1. The number of carbonyl (C=O) groups is 1. The maximum Gasteiger partial charge on any atom is 0.280 e. The number of anilines is 1. The molecule has 1 aromatic heterocycles. The minimum atomic E-state index is -0.249. The van der Waals surface area contributed by atoms with E-state index in [1.54, 1.807) is 11.0 Å². The van der Waals surface area contributed by atoms with Gasteiger partial charge in [0.15, 0.2) is 5.69 Å². The highest BCUT2D eigenvalue weighted by Crippen LogP contribution is 2.32. The third kappa shape index (κ3) is 2.64. The number of para-hydroxylation sites is 1. The van der Waals surface area contributed by atoms with E-state index in [4.69, 9.17) is 0 Å². The molecule has 1 aliphatic carbocycles. The van der Waals surface area contributed by atoms with Gasteiger partial charge in [0.2, 0.25) is 0 Å². The van der Waals surface area contributed by atoms with Crippen LogP contribution in [0.4, 0.5) is 5.69 Å². The van der Waals surface area contributed by atoms with Gasteiger partial charge >= 0.3 is 0 Å². The second-order valence-corrected chi connectivity index (χ2v) is 5.07. The van der Waals surface area contributed by atoms with Crippen molar-refractivity contribution in [3.05, 3.63) is 54.4 Å². The zero-order valence-electron chi connectivity index (χ0n) is 11.1. The van der Waals surface area contributed by atoms with Crippen molar-refractivity contribution < 1.29 is 9.90 Å². The van der Waals surface area contributed by atoms with Crippen LogP contribution in [-0.4, -0.2) is 22.5 Å². The molecule has 0 radical (unpaired) electrons. The van der Waals surface area contributed by atoms with Crippen LogP contribution < -0.4 is 4.90 Å². The fourth-order valence-corrected chi connectivity index (χ4v) is 2.16. The number of pyridine rings is 1. The van der Waals surface area contributed by atoms with Crippen molar-refractivity contribution in [1.82, 2.24) is 4.98 Å². The first-order chi connectivity index (χ1) is 9.75. The van der Waals surface area contributed by atoms with E-state index in [2.05, 4.69) is 4.98 Å². The quantitative estimate of drug-likeness (QED) is 0.927. The molecule has 4 nitrogen and oxygen atoms in total. The molecule has 1 amide bonds. The Labute approximate surface area is 117 Å². The number of nitrogens with zero attached hydrogens (tertiary/aromatic N) is 2. The molecule has 2 aromatic rings. The number of amides is 1. The van der Waals surface area contributed by atoms with E-state index in [-0.39, 0.29) is 17.4 Å². The highest BCUT2D eigenvalue weighted by atomic mass is 16.3. The van der Waals surface area contributed by atoms with Crippen LogP contribution in [-0.2, 0) is 0 Å². The Hall–Kier alpha value is -2.36. The minimum absolute atomic E-state index is 0.0748. The Morgan fingerprint density at radius 3 is 2.60 bits per heavy atom. The van der Waals surface area contributed by atoms with Gasteiger partial charge in [-0.25, -0.2) is 4.98 Å². The van der Waals surface area contributed by atoms with Crippen molar-refractivity contribution in [2.45, 2.75) is 12.8 Å². The molecule has 20 heavy (non-hydrogen) atoms. The lowest BCUT2D eigenvalue weighted by Crippen LogP contribution is -2.33. The largest absolute Gasteiger partial charge is 0.505 e. The van der Waals surface area contributed by atoms with Crippen molar-refractivity contribution in [2.75, 3.05) is 11.4 Å². The van der Waals surface area contributed by atoms with Crippen LogP contribution in [0.5, 0.6) is 5.75 Å². The normalized spacial score (nSPS) is 14.0. The van der Waals surface area contributed by atoms with Gasteiger partial charge in [-0.05, 0) is 43.0 Å². The van der Waals surface area contributed by atoms with Gasteiger partial charge in [-0.3, -0.25) is 4.79 Å². The summed E-state index contributed by atoms with van der Waals surface area (Å²) < 4.78 is 0. The summed E-state index contributed by atoms with van der Waals surface area (Å²) in [7, 11) is 0. The molecule has 102 valence electrons. The van der Waals surface area contributed by atoms with E-state index >= 15 is 0 Å². The van der Waals surface area contributed by atoms with Gasteiger partial charge in [0, 0.05) is 18.4 Å². The van der Waals surface area contributed by atoms with Crippen LogP contribution in [0.3, 0.4) is 0 Å². The summed E-state index contributed by atoms with van der Waals surface area (Å²) >= 11 is 0. The average molecular weight is 268 g/mol. The summed E-state index contributed by atoms with van der Waals surface area (Å²) in [4.78, 5) is 18.4. The summed E-state index contributed by atoms with van der Waals surface area (Å²) in [5.41, 5.74) is 0.950. The maximum absolute atomic E-state index is 12.6. The predicted octanol–water partition coefficient (Wildman–Crippen LogP) is 2.84. The van der Waals surface area contributed by atoms with Gasteiger partial charge in [0.1, 0.15) is 5.75 Å². The maximum atomic E-state index is 12.6. The minimum Gasteiger partial charge on any atom is -0.505 e. The molecule has 1 heterocycles. The summed E-state index contributed by atoms with van der Waals surface area (Å²) in [6.07, 6.45) is 3.84. The third-order valence-corrected chi connectivity index (χ3v) is 3.44. The topological polar surface area (TPSA) is 53.4 Å². The van der Waals surface area contributed by atoms with Crippen LogP contribution in [0.2, 0.25) is 0 Å². The monoisotopic (exact) mass is 268 g/mol. The van der Waals surface area contributed by atoms with Gasteiger partial charge in [0.25, 0.3) is 5.91 Å². The summed E-state index contributed by atoms with van der Waals surface area (Å²) in [6, 6.07) is 12.6. The molecule has 1 N–H and O–H groups in total. The van der Waals surface area contributed by atoms with Crippen LogP contribution >= 0.6 is 0 Å². The second kappa shape index (κ2) is 5.33. The van der Waals surface area contributed by atoms with E-state index < -0.39 is 0 Å². The van der Waals surface area contributed by atoms with Gasteiger partial charge < -0.3 is 10.0 Å². The second-order valence-electron chi connectivity index (χ2n) is 5.07. The van der Waals surface area contributed by atoms with Gasteiger partial charge in [-0.15, -0.1) is 0 Å². The number of hydrogen-bond acceptors (Lipinski definition) is 3. The lowest BCUT2D eigenvalue weighted by Gasteiger charge is -2.22. The first kappa shape index (κ1) is 12.7. The number of aromatic hydroxyl groups is 1. The molecule has 1 aliphatic rings. The summed E-state index contributed by atoms with van der Waals surface area (Å²) in [5, 5.41) is 9.82. The van der Waals surface area contributed by atoms with Crippen LogP contribution in [0.25, 0.3) is 0 Å². The van der Waals surface area contributed by atoms with Crippen LogP contribution in [0.1, 0.15) is 23.3 Å². The number of carbonyl (C=O) groups excluding carboxylic acids is 1. The molecule has 0 spiro atoms. The molecule has 0 unspecified atom stereocenters. The van der Waals surface area contributed by atoms with E-state index in [1.807, 2.05) is 30.3 Å². The summed E-state index contributed by atoms with van der Waals surface area (Å²) in [5.74, 6) is 0.237. The molecule has 1 fully saturated rings. The molecule has 3 rings (SSSR count). The molecule has 0 saturated heterocycles. The highest BCUT2D eigenvalue weighted by Gasteiger charge is 2.29. The van der Waals surface area contributed by atoms with Gasteiger partial charge in [-0.2, -0.15) is 0 Å². The van der Waals surface area contributed by atoms with Gasteiger partial charge in [0.05, 0.1) is 0 Å². The van der Waals surface area contributed by atoms with E-state index in [9.17, 15) is 9.90 Å². The van der Waals surface area contributed by atoms with Crippen molar-refractivity contribution >= 4 is 11.6 Å². The smallest absolute Gasteiger partial charge is 0.280 e. The third-order valence-electron chi connectivity index (χ3n) is 3.44. The molecular weight excluding hydrogens is 252 g/mol. The SMILES string of the molecule is O=C(c1ncccc1O)N(CC1CC1)c1ccccc1. The van der Waals surface area contributed by atoms with E-state index in [0.29, 0.717) is 12.5 Å². The molecule has 0 bridgehead atoms. The fourth-order valence-electron chi connectivity index (χ4n) is 2.16. The Balaban J connectivity index is 1.93. The predicted molar refractivity (Wildman–Crippen MR) is 76.7 cm³/mol. The lowest BCUT2D eigenvalue weighted by atomic mass is 10.2. The standard InChI is InChI=1S/C16H16N2O2/c19-14-7-4-10-17-15(14)16(20)18(11-12-8-9-12)13-5-2-1-3-6-13/h1-7,10,12,19H,8-9,11H2. The van der Waals surface area contributed by atoms with E-state index in [0.717, 1.165) is 18.5 Å². The molecule has 1 aromatic carbocycles. The average Bonchev–Trinajstić information content (AvgIpc) is 3.30. The molecule has 4 heteroatoms. The molecule has 0 aliphatic heterocycles. The van der Waals surface area contributed by atoms with Crippen LogP contribution in [0.15, 0.2) is 48.7 Å².